The normalized spacial score (nSPS) is 17.2. The third kappa shape index (κ3) is 3.31. The van der Waals surface area contributed by atoms with Gasteiger partial charge in [0.1, 0.15) is 17.6 Å². The first-order valence-corrected chi connectivity index (χ1v) is 8.08. The highest BCUT2D eigenvalue weighted by Crippen LogP contribution is 2.30. The van der Waals surface area contributed by atoms with Gasteiger partial charge in [0.2, 0.25) is 11.8 Å². The summed E-state index contributed by atoms with van der Waals surface area (Å²) in [6.07, 6.45) is 0.273. The molecule has 0 bridgehead atoms. The number of hydrogen-bond acceptors (Lipinski definition) is 2. The van der Waals surface area contributed by atoms with Crippen molar-refractivity contribution in [2.24, 2.45) is 5.92 Å². The number of carbonyl (C=O) groups excluding carboxylic acids is 2. The van der Waals surface area contributed by atoms with Crippen molar-refractivity contribution < 1.29 is 18.4 Å². The van der Waals surface area contributed by atoms with Crippen LogP contribution in [0.1, 0.15) is 6.42 Å². The summed E-state index contributed by atoms with van der Waals surface area (Å²) in [6, 6.07) is 9.81. The van der Waals surface area contributed by atoms with E-state index in [1.807, 2.05) is 0 Å². The molecule has 2 aromatic carbocycles. The Labute approximate surface area is 145 Å². The minimum absolute atomic E-state index is 0.143. The van der Waals surface area contributed by atoms with Crippen LogP contribution >= 0.6 is 15.9 Å². The van der Waals surface area contributed by atoms with Crippen LogP contribution in [0.25, 0.3) is 0 Å². The molecule has 2 amide bonds. The van der Waals surface area contributed by atoms with Gasteiger partial charge in [-0.2, -0.15) is 0 Å². The van der Waals surface area contributed by atoms with E-state index < -0.39 is 29.4 Å². The zero-order chi connectivity index (χ0) is 17.3. The molecule has 1 aliphatic heterocycles. The fourth-order valence-electron chi connectivity index (χ4n) is 2.66. The smallest absolute Gasteiger partial charge is 0.239 e. The summed E-state index contributed by atoms with van der Waals surface area (Å²) in [5.41, 5.74) is 0.422. The Kier molecular flexibility index (Phi) is 4.62. The molecule has 0 unspecified atom stereocenters. The van der Waals surface area contributed by atoms with Gasteiger partial charge < -0.3 is 10.2 Å². The Morgan fingerprint density at radius 2 is 2.00 bits per heavy atom. The molecule has 124 valence electrons. The maximum Gasteiger partial charge on any atom is 0.239 e. The number of nitrogens with one attached hydrogen (secondary N) is 1. The maximum atomic E-state index is 14.0. The maximum absolute atomic E-state index is 14.0. The van der Waals surface area contributed by atoms with Crippen LogP contribution in [0.2, 0.25) is 0 Å². The zero-order valence-electron chi connectivity index (χ0n) is 12.4. The predicted octanol–water partition coefficient (Wildman–Crippen LogP) is 3.72. The molecule has 0 radical (unpaired) electrons. The van der Waals surface area contributed by atoms with Crippen LogP contribution in [0, 0.1) is 17.6 Å². The van der Waals surface area contributed by atoms with Gasteiger partial charge in [0, 0.05) is 16.7 Å². The molecule has 1 aliphatic rings. The van der Waals surface area contributed by atoms with Crippen molar-refractivity contribution in [3.8, 4) is 0 Å². The number of carbonyl (C=O) groups is 2. The summed E-state index contributed by atoms with van der Waals surface area (Å²) >= 11 is 3.16. The largest absolute Gasteiger partial charge is 0.325 e. The molecule has 0 spiro atoms. The number of hydrogen-bond donors (Lipinski definition) is 1. The highest BCUT2D eigenvalue weighted by atomic mass is 79.9. The summed E-state index contributed by atoms with van der Waals surface area (Å²) in [5.74, 6) is -2.93. The SMILES string of the molecule is O=C(Nc1cccc(F)c1)[C@@H]1CCN(c2ccc(Br)cc2F)C1=O. The predicted molar refractivity (Wildman–Crippen MR) is 89.6 cm³/mol. The molecule has 1 heterocycles. The number of rotatable bonds is 3. The van der Waals surface area contributed by atoms with Gasteiger partial charge in [0.15, 0.2) is 0 Å². The molecular formula is C17H13BrF2N2O2. The van der Waals surface area contributed by atoms with Gasteiger partial charge in [-0.1, -0.05) is 22.0 Å². The van der Waals surface area contributed by atoms with Crippen LogP contribution < -0.4 is 10.2 Å². The Morgan fingerprint density at radius 3 is 2.71 bits per heavy atom. The van der Waals surface area contributed by atoms with E-state index in [-0.39, 0.29) is 24.3 Å². The summed E-state index contributed by atoms with van der Waals surface area (Å²) in [4.78, 5) is 26.0. The molecule has 2 aromatic rings. The molecule has 4 nitrogen and oxygen atoms in total. The monoisotopic (exact) mass is 394 g/mol. The van der Waals surface area contributed by atoms with Crippen molar-refractivity contribution in [2.75, 3.05) is 16.8 Å². The summed E-state index contributed by atoms with van der Waals surface area (Å²) in [5, 5.41) is 2.52. The third-order valence-electron chi connectivity index (χ3n) is 3.81. The summed E-state index contributed by atoms with van der Waals surface area (Å²) in [6.45, 7) is 0.249. The number of benzene rings is 2. The van der Waals surface area contributed by atoms with Gasteiger partial charge in [-0.25, -0.2) is 8.78 Å². The minimum atomic E-state index is -0.920. The number of amides is 2. The van der Waals surface area contributed by atoms with E-state index in [0.29, 0.717) is 4.47 Å². The quantitative estimate of drug-likeness (QED) is 0.806. The molecule has 0 aliphatic carbocycles. The molecule has 0 saturated carbocycles. The second-order valence-corrected chi connectivity index (χ2v) is 6.34. The first-order valence-electron chi connectivity index (χ1n) is 7.28. The molecule has 24 heavy (non-hydrogen) atoms. The Balaban J connectivity index is 1.75. The number of nitrogens with zero attached hydrogens (tertiary/aromatic N) is 1. The van der Waals surface area contributed by atoms with E-state index in [1.165, 1.54) is 41.3 Å². The average Bonchev–Trinajstić information content (AvgIpc) is 2.89. The lowest BCUT2D eigenvalue weighted by atomic mass is 10.1. The molecular weight excluding hydrogens is 382 g/mol. The van der Waals surface area contributed by atoms with E-state index in [0.717, 1.165) is 0 Å². The van der Waals surface area contributed by atoms with Crippen LogP contribution in [0.15, 0.2) is 46.9 Å². The van der Waals surface area contributed by atoms with Crippen molar-refractivity contribution in [3.63, 3.8) is 0 Å². The molecule has 7 heteroatoms. The van der Waals surface area contributed by atoms with E-state index in [2.05, 4.69) is 21.2 Å². The Morgan fingerprint density at radius 1 is 1.21 bits per heavy atom. The van der Waals surface area contributed by atoms with Gasteiger partial charge in [0.25, 0.3) is 0 Å². The van der Waals surface area contributed by atoms with Crippen molar-refractivity contribution >= 4 is 39.1 Å². The molecule has 0 aromatic heterocycles. The minimum Gasteiger partial charge on any atom is -0.325 e. The summed E-state index contributed by atoms with van der Waals surface area (Å²) in [7, 11) is 0. The molecule has 1 atom stereocenters. The zero-order valence-corrected chi connectivity index (χ0v) is 14.0. The first-order chi connectivity index (χ1) is 11.5. The van der Waals surface area contributed by atoms with Crippen LogP contribution in [0.4, 0.5) is 20.2 Å². The van der Waals surface area contributed by atoms with Crippen molar-refractivity contribution in [2.45, 2.75) is 6.42 Å². The number of anilines is 2. The van der Waals surface area contributed by atoms with Gasteiger partial charge in [-0.15, -0.1) is 0 Å². The average molecular weight is 395 g/mol. The Hall–Kier alpha value is -2.28. The van der Waals surface area contributed by atoms with Gasteiger partial charge in [-0.05, 0) is 42.8 Å². The van der Waals surface area contributed by atoms with Gasteiger partial charge in [-0.3, -0.25) is 9.59 Å². The lowest BCUT2D eigenvalue weighted by Gasteiger charge is -2.17. The van der Waals surface area contributed by atoms with Crippen molar-refractivity contribution in [1.82, 2.24) is 0 Å². The lowest BCUT2D eigenvalue weighted by Crippen LogP contribution is -2.33. The molecule has 1 fully saturated rings. The fraction of sp³-hybridized carbons (Fsp3) is 0.176. The number of halogens is 3. The fourth-order valence-corrected chi connectivity index (χ4v) is 2.99. The van der Waals surface area contributed by atoms with Crippen LogP contribution in [-0.2, 0) is 9.59 Å². The molecule has 1 saturated heterocycles. The second kappa shape index (κ2) is 6.68. The van der Waals surface area contributed by atoms with E-state index >= 15 is 0 Å². The highest BCUT2D eigenvalue weighted by Gasteiger charge is 2.38. The molecule has 1 N–H and O–H groups in total. The molecule has 3 rings (SSSR count). The first kappa shape index (κ1) is 16.6. The second-order valence-electron chi connectivity index (χ2n) is 5.43. The van der Waals surface area contributed by atoms with Gasteiger partial charge >= 0.3 is 0 Å². The highest BCUT2D eigenvalue weighted by molar-refractivity contribution is 9.10. The Bertz CT molecular complexity index is 813. The van der Waals surface area contributed by atoms with Crippen LogP contribution in [-0.4, -0.2) is 18.4 Å². The van der Waals surface area contributed by atoms with Crippen molar-refractivity contribution in [3.05, 3.63) is 58.6 Å². The van der Waals surface area contributed by atoms with Crippen molar-refractivity contribution in [1.29, 1.82) is 0 Å². The van der Waals surface area contributed by atoms with Crippen LogP contribution in [0.3, 0.4) is 0 Å². The van der Waals surface area contributed by atoms with E-state index in [4.69, 9.17) is 0 Å². The van der Waals surface area contributed by atoms with Gasteiger partial charge in [0.05, 0.1) is 5.69 Å². The van der Waals surface area contributed by atoms with E-state index in [1.54, 1.807) is 6.07 Å². The third-order valence-corrected chi connectivity index (χ3v) is 4.31. The lowest BCUT2D eigenvalue weighted by molar-refractivity contribution is -0.129. The summed E-state index contributed by atoms with van der Waals surface area (Å²) < 4.78 is 27.8. The topological polar surface area (TPSA) is 49.4 Å². The van der Waals surface area contributed by atoms with Crippen LogP contribution in [0.5, 0.6) is 0 Å². The van der Waals surface area contributed by atoms with E-state index in [9.17, 15) is 18.4 Å². The standard InChI is InChI=1S/C17H13BrF2N2O2/c18-10-4-5-15(14(20)8-10)22-7-6-13(17(22)24)16(23)21-12-3-1-2-11(19)9-12/h1-5,8-9,13H,6-7H2,(H,21,23)/t13-/m0/s1.